The third-order valence-corrected chi connectivity index (χ3v) is 6.54. The molecule has 2 aromatic carbocycles. The van der Waals surface area contributed by atoms with Gasteiger partial charge in [-0.15, -0.1) is 5.10 Å². The smallest absolute Gasteiger partial charge is 0.417 e. The van der Waals surface area contributed by atoms with E-state index in [-0.39, 0.29) is 24.1 Å². The van der Waals surface area contributed by atoms with Crippen molar-refractivity contribution in [2.24, 2.45) is 0 Å². The SMILES string of the molecule is CC(C)(C)OC(=O)Nc1cc(Cl)c(C(F)(F)F)cc1NC(=O)CC(=O)c1cccc(-n2nncc2COC2CCCCO2)c1. The summed E-state index contributed by atoms with van der Waals surface area (Å²) < 4.78 is 58.7. The number of alkyl halides is 3. The molecular weight excluding hydrogens is 607 g/mol. The molecule has 1 aliphatic heterocycles. The number of halogens is 4. The molecule has 3 aromatic rings. The minimum atomic E-state index is -4.86. The molecule has 0 radical (unpaired) electrons. The standard InChI is InChI=1S/C29H31ClF3N5O6/c1-28(2,3)44-27(41)36-23-13-21(30)20(29(31,32)33)12-22(23)35-25(40)14-24(39)17-7-6-8-18(11-17)38-19(15-34-37-38)16-43-26-9-4-5-10-42-26/h6-8,11-13,15,26H,4-5,9-10,14,16H2,1-3H3,(H,35,40)(H,36,41). The predicted octanol–water partition coefficient (Wildman–Crippen LogP) is 6.54. The van der Waals surface area contributed by atoms with Gasteiger partial charge in [-0.25, -0.2) is 9.48 Å². The summed E-state index contributed by atoms with van der Waals surface area (Å²) >= 11 is 5.83. The third-order valence-electron chi connectivity index (χ3n) is 6.23. The number of carbonyl (C=O) groups is 3. The highest BCUT2D eigenvalue weighted by molar-refractivity contribution is 6.32. The van der Waals surface area contributed by atoms with Gasteiger partial charge >= 0.3 is 12.3 Å². The molecule has 4 rings (SSSR count). The minimum absolute atomic E-state index is 0.148. The van der Waals surface area contributed by atoms with E-state index in [0.29, 0.717) is 24.1 Å². The van der Waals surface area contributed by atoms with Crippen molar-refractivity contribution in [3.05, 3.63) is 64.4 Å². The number of Topliss-reactive ketones (excluding diaryl/α,β-unsaturated/α-hetero) is 1. The predicted molar refractivity (Wildman–Crippen MR) is 154 cm³/mol. The Morgan fingerprint density at radius 3 is 2.52 bits per heavy atom. The van der Waals surface area contributed by atoms with Crippen LogP contribution in [-0.4, -0.2) is 51.3 Å². The molecule has 44 heavy (non-hydrogen) atoms. The minimum Gasteiger partial charge on any atom is -0.444 e. The van der Waals surface area contributed by atoms with Gasteiger partial charge in [0.1, 0.15) is 5.60 Å². The van der Waals surface area contributed by atoms with Gasteiger partial charge in [0.25, 0.3) is 0 Å². The number of hydrogen-bond donors (Lipinski definition) is 2. The zero-order chi connectivity index (χ0) is 32.1. The van der Waals surface area contributed by atoms with E-state index in [1.165, 1.54) is 23.0 Å². The Bertz CT molecular complexity index is 1520. The van der Waals surface area contributed by atoms with E-state index in [9.17, 15) is 27.6 Å². The molecule has 0 bridgehead atoms. The normalized spacial score (nSPS) is 15.5. The number of rotatable bonds is 9. The van der Waals surface area contributed by atoms with Crippen molar-refractivity contribution in [3.8, 4) is 5.69 Å². The van der Waals surface area contributed by atoms with Crippen LogP contribution in [0.4, 0.5) is 29.3 Å². The van der Waals surface area contributed by atoms with Gasteiger partial charge in [0.05, 0.1) is 52.6 Å². The molecule has 1 fully saturated rings. The zero-order valence-corrected chi connectivity index (χ0v) is 24.9. The number of benzene rings is 2. The average molecular weight is 638 g/mol. The molecule has 2 amide bonds. The van der Waals surface area contributed by atoms with E-state index in [2.05, 4.69) is 20.9 Å². The van der Waals surface area contributed by atoms with E-state index >= 15 is 0 Å². The first-order valence-corrected chi connectivity index (χ1v) is 14.0. The molecule has 1 atom stereocenters. The van der Waals surface area contributed by atoms with Crippen molar-refractivity contribution in [2.75, 3.05) is 17.2 Å². The van der Waals surface area contributed by atoms with Crippen LogP contribution in [0.5, 0.6) is 0 Å². The third kappa shape index (κ3) is 9.00. The number of carbonyl (C=O) groups excluding carboxylic acids is 3. The molecule has 2 heterocycles. The number of anilines is 2. The molecule has 15 heteroatoms. The Morgan fingerprint density at radius 2 is 1.84 bits per heavy atom. The van der Waals surface area contributed by atoms with Gasteiger partial charge in [0.15, 0.2) is 12.1 Å². The molecule has 1 unspecified atom stereocenters. The van der Waals surface area contributed by atoms with Crippen LogP contribution in [0.1, 0.15) is 68.1 Å². The Labute approximate surface area is 256 Å². The number of hydrogen-bond acceptors (Lipinski definition) is 8. The maximum Gasteiger partial charge on any atom is 0.417 e. The summed E-state index contributed by atoms with van der Waals surface area (Å²) in [5.41, 5.74) is -1.59. The topological polar surface area (TPSA) is 134 Å². The summed E-state index contributed by atoms with van der Waals surface area (Å²) in [6, 6.07) is 7.69. The highest BCUT2D eigenvalue weighted by Crippen LogP contribution is 2.39. The van der Waals surface area contributed by atoms with Crippen LogP contribution >= 0.6 is 11.6 Å². The first-order chi connectivity index (χ1) is 20.7. The van der Waals surface area contributed by atoms with E-state index < -0.39 is 52.3 Å². The monoisotopic (exact) mass is 637 g/mol. The van der Waals surface area contributed by atoms with Gasteiger partial charge < -0.3 is 19.5 Å². The van der Waals surface area contributed by atoms with Crippen molar-refractivity contribution in [2.45, 2.75) is 71.1 Å². The number of nitrogens with one attached hydrogen (secondary N) is 2. The largest absolute Gasteiger partial charge is 0.444 e. The Morgan fingerprint density at radius 1 is 1.09 bits per heavy atom. The molecule has 2 N–H and O–H groups in total. The second-order valence-corrected chi connectivity index (χ2v) is 11.4. The fraction of sp³-hybridized carbons (Fsp3) is 0.414. The summed E-state index contributed by atoms with van der Waals surface area (Å²) in [6.07, 6.45) is -2.60. The number of amides is 2. The number of ketones is 1. The lowest BCUT2D eigenvalue weighted by Crippen LogP contribution is -2.28. The number of aromatic nitrogens is 3. The summed E-state index contributed by atoms with van der Waals surface area (Å²) in [7, 11) is 0. The van der Waals surface area contributed by atoms with E-state index in [1.807, 2.05) is 0 Å². The van der Waals surface area contributed by atoms with Gasteiger partial charge in [-0.05, 0) is 64.3 Å². The van der Waals surface area contributed by atoms with Crippen LogP contribution in [0.2, 0.25) is 5.02 Å². The molecule has 1 aliphatic rings. The molecule has 1 aromatic heterocycles. The zero-order valence-electron chi connectivity index (χ0n) is 24.2. The van der Waals surface area contributed by atoms with Crippen molar-refractivity contribution in [3.63, 3.8) is 0 Å². The first kappa shape index (κ1) is 32.9. The highest BCUT2D eigenvalue weighted by atomic mass is 35.5. The Balaban J connectivity index is 1.48. The number of ether oxygens (including phenoxy) is 3. The fourth-order valence-corrected chi connectivity index (χ4v) is 4.53. The molecule has 0 spiro atoms. The van der Waals surface area contributed by atoms with Gasteiger partial charge in [-0.2, -0.15) is 13.2 Å². The summed E-state index contributed by atoms with van der Waals surface area (Å²) in [5, 5.41) is 11.8. The van der Waals surface area contributed by atoms with Crippen LogP contribution in [0.15, 0.2) is 42.6 Å². The van der Waals surface area contributed by atoms with Gasteiger partial charge in [-0.3, -0.25) is 14.9 Å². The van der Waals surface area contributed by atoms with Crippen LogP contribution in [-0.2, 0) is 31.8 Å². The van der Waals surface area contributed by atoms with Crippen LogP contribution in [0, 0.1) is 0 Å². The molecule has 1 saturated heterocycles. The highest BCUT2D eigenvalue weighted by Gasteiger charge is 2.35. The maximum absolute atomic E-state index is 13.6. The van der Waals surface area contributed by atoms with Gasteiger partial charge in [0.2, 0.25) is 5.91 Å². The fourth-order valence-electron chi connectivity index (χ4n) is 4.26. The second kappa shape index (κ2) is 13.7. The quantitative estimate of drug-likeness (QED) is 0.200. The van der Waals surface area contributed by atoms with Crippen molar-refractivity contribution >= 4 is 40.8 Å². The van der Waals surface area contributed by atoms with Crippen molar-refractivity contribution in [1.29, 1.82) is 0 Å². The Hall–Kier alpha value is -4.01. The average Bonchev–Trinajstić information content (AvgIpc) is 3.41. The lowest BCUT2D eigenvalue weighted by Gasteiger charge is -2.22. The van der Waals surface area contributed by atoms with Crippen LogP contribution in [0.25, 0.3) is 5.69 Å². The molecule has 236 valence electrons. The van der Waals surface area contributed by atoms with E-state index in [1.54, 1.807) is 32.9 Å². The lowest BCUT2D eigenvalue weighted by molar-refractivity contribution is -0.169. The van der Waals surface area contributed by atoms with Crippen molar-refractivity contribution < 1.29 is 41.8 Å². The summed E-state index contributed by atoms with van der Waals surface area (Å²) in [4.78, 5) is 38.2. The lowest BCUT2D eigenvalue weighted by atomic mass is 10.1. The van der Waals surface area contributed by atoms with Crippen LogP contribution in [0.3, 0.4) is 0 Å². The molecule has 11 nitrogen and oxygen atoms in total. The summed E-state index contributed by atoms with van der Waals surface area (Å²) in [6.45, 7) is 5.58. The molecule has 0 saturated carbocycles. The second-order valence-electron chi connectivity index (χ2n) is 10.9. The maximum atomic E-state index is 13.6. The van der Waals surface area contributed by atoms with Crippen molar-refractivity contribution in [1.82, 2.24) is 15.0 Å². The number of nitrogens with zero attached hydrogens (tertiary/aromatic N) is 3. The van der Waals surface area contributed by atoms with Gasteiger partial charge in [0, 0.05) is 12.2 Å². The molecule has 0 aliphatic carbocycles. The van der Waals surface area contributed by atoms with E-state index in [4.69, 9.17) is 25.8 Å². The molecular formula is C29H31ClF3N5O6. The first-order valence-electron chi connectivity index (χ1n) is 13.7. The Kier molecular flexibility index (Phi) is 10.3. The van der Waals surface area contributed by atoms with Crippen LogP contribution < -0.4 is 10.6 Å². The van der Waals surface area contributed by atoms with Gasteiger partial charge in [-0.1, -0.05) is 28.9 Å². The van der Waals surface area contributed by atoms with E-state index in [0.717, 1.165) is 25.3 Å². The summed E-state index contributed by atoms with van der Waals surface area (Å²) in [5.74, 6) is -1.55.